The van der Waals surface area contributed by atoms with Gasteiger partial charge in [-0.25, -0.2) is 9.59 Å². The summed E-state index contributed by atoms with van der Waals surface area (Å²) >= 11 is 6.39. The molecule has 3 rings (SSSR count). The number of benzene rings is 2. The molecule has 168 valence electrons. The maximum Gasteiger partial charge on any atom is 0.338 e. The standard InChI is InChI=1S/C24H25ClN2O5/c1-4-27-20(14-32-17-12-10-16(11-13-17)15(3)28)21(23(29)31-5-2)22(26-24(27)30)18-8-6-7-9-19(18)25/h6-13,22H,4-5,14H2,1-3H3,(H,26,30). The molecule has 1 unspecified atom stereocenters. The summed E-state index contributed by atoms with van der Waals surface area (Å²) in [4.78, 5) is 38.8. The van der Waals surface area contributed by atoms with Crippen LogP contribution in [0.25, 0.3) is 0 Å². The number of carbonyl (C=O) groups excluding carboxylic acids is 3. The molecule has 0 spiro atoms. The summed E-state index contributed by atoms with van der Waals surface area (Å²) < 4.78 is 11.2. The molecular weight excluding hydrogens is 432 g/mol. The summed E-state index contributed by atoms with van der Waals surface area (Å²) in [5.74, 6) is -0.101. The fourth-order valence-corrected chi connectivity index (χ4v) is 3.77. The van der Waals surface area contributed by atoms with Gasteiger partial charge in [0.25, 0.3) is 0 Å². The first-order chi connectivity index (χ1) is 15.4. The number of nitrogens with one attached hydrogen (secondary N) is 1. The number of halogens is 1. The number of nitrogens with zero attached hydrogens (tertiary/aromatic N) is 1. The monoisotopic (exact) mass is 456 g/mol. The summed E-state index contributed by atoms with van der Waals surface area (Å²) in [6.45, 7) is 5.47. The van der Waals surface area contributed by atoms with Crippen LogP contribution in [0.2, 0.25) is 5.02 Å². The van der Waals surface area contributed by atoms with Gasteiger partial charge < -0.3 is 14.8 Å². The van der Waals surface area contributed by atoms with Crippen molar-refractivity contribution in [2.24, 2.45) is 0 Å². The second-order valence-electron chi connectivity index (χ2n) is 7.10. The van der Waals surface area contributed by atoms with Crippen molar-refractivity contribution in [3.8, 4) is 5.75 Å². The van der Waals surface area contributed by atoms with E-state index in [1.807, 2.05) is 0 Å². The molecule has 1 atom stereocenters. The Bertz CT molecular complexity index is 1050. The molecule has 0 aliphatic carbocycles. The maximum atomic E-state index is 13.0. The molecule has 2 aromatic carbocycles. The lowest BCUT2D eigenvalue weighted by molar-refractivity contribution is -0.139. The van der Waals surface area contributed by atoms with Crippen molar-refractivity contribution in [1.29, 1.82) is 0 Å². The van der Waals surface area contributed by atoms with Gasteiger partial charge in [0.15, 0.2) is 5.78 Å². The van der Waals surface area contributed by atoms with Crippen molar-refractivity contribution in [1.82, 2.24) is 10.2 Å². The smallest absolute Gasteiger partial charge is 0.338 e. The van der Waals surface area contributed by atoms with E-state index in [4.69, 9.17) is 21.1 Å². The van der Waals surface area contributed by atoms with Gasteiger partial charge in [-0.15, -0.1) is 0 Å². The molecule has 0 aromatic heterocycles. The van der Waals surface area contributed by atoms with Gasteiger partial charge in [0.2, 0.25) is 0 Å². The average Bonchev–Trinajstić information content (AvgIpc) is 2.78. The van der Waals surface area contributed by atoms with Crippen molar-refractivity contribution in [2.75, 3.05) is 19.8 Å². The zero-order valence-electron chi connectivity index (χ0n) is 18.2. The van der Waals surface area contributed by atoms with Crippen molar-refractivity contribution in [3.63, 3.8) is 0 Å². The highest BCUT2D eigenvalue weighted by molar-refractivity contribution is 6.31. The van der Waals surface area contributed by atoms with Crippen LogP contribution in [-0.4, -0.2) is 42.4 Å². The average molecular weight is 457 g/mol. The molecule has 0 saturated carbocycles. The van der Waals surface area contributed by atoms with Gasteiger partial charge in [-0.05, 0) is 56.7 Å². The Hall–Kier alpha value is -3.32. The lowest BCUT2D eigenvalue weighted by Gasteiger charge is -2.36. The quantitative estimate of drug-likeness (QED) is 0.466. The first-order valence-corrected chi connectivity index (χ1v) is 10.7. The number of hydrogen-bond acceptors (Lipinski definition) is 5. The number of urea groups is 1. The number of ketones is 1. The van der Waals surface area contributed by atoms with E-state index in [0.717, 1.165) is 0 Å². The van der Waals surface area contributed by atoms with Crippen LogP contribution in [0.4, 0.5) is 4.79 Å². The molecule has 1 aliphatic heterocycles. The molecule has 7 nitrogen and oxygen atoms in total. The minimum Gasteiger partial charge on any atom is -0.487 e. The number of hydrogen-bond donors (Lipinski definition) is 1. The molecule has 32 heavy (non-hydrogen) atoms. The van der Waals surface area contributed by atoms with Crippen LogP contribution in [-0.2, 0) is 9.53 Å². The van der Waals surface area contributed by atoms with Crippen LogP contribution in [0.15, 0.2) is 59.8 Å². The second-order valence-corrected chi connectivity index (χ2v) is 7.51. The van der Waals surface area contributed by atoms with Crippen LogP contribution in [0.5, 0.6) is 5.75 Å². The van der Waals surface area contributed by atoms with E-state index in [0.29, 0.717) is 34.1 Å². The first kappa shape index (κ1) is 23.3. The minimum atomic E-state index is -0.781. The minimum absolute atomic E-state index is 0.0459. The van der Waals surface area contributed by atoms with Gasteiger partial charge in [-0.3, -0.25) is 9.69 Å². The zero-order valence-corrected chi connectivity index (χ0v) is 18.9. The summed E-state index contributed by atoms with van der Waals surface area (Å²) in [5, 5.41) is 3.28. The van der Waals surface area contributed by atoms with Crippen molar-refractivity contribution < 1.29 is 23.9 Å². The Morgan fingerprint density at radius 1 is 1.09 bits per heavy atom. The van der Waals surface area contributed by atoms with Crippen LogP contribution < -0.4 is 10.1 Å². The molecule has 0 fully saturated rings. The molecule has 0 bridgehead atoms. The van der Waals surface area contributed by atoms with E-state index in [9.17, 15) is 14.4 Å². The third-order valence-electron chi connectivity index (χ3n) is 5.10. The Morgan fingerprint density at radius 2 is 1.78 bits per heavy atom. The fraction of sp³-hybridized carbons (Fsp3) is 0.292. The third kappa shape index (κ3) is 4.94. The van der Waals surface area contributed by atoms with Crippen LogP contribution >= 0.6 is 11.6 Å². The summed E-state index contributed by atoms with van der Waals surface area (Å²) in [7, 11) is 0. The Balaban J connectivity index is 2.04. The number of esters is 1. The number of amides is 2. The van der Waals surface area contributed by atoms with Crippen LogP contribution in [0.3, 0.4) is 0 Å². The summed E-state index contributed by atoms with van der Waals surface area (Å²) in [6, 6.07) is 12.5. The molecular formula is C24H25ClN2O5. The second kappa shape index (κ2) is 10.3. The largest absolute Gasteiger partial charge is 0.487 e. The Morgan fingerprint density at radius 3 is 2.38 bits per heavy atom. The molecule has 1 N–H and O–H groups in total. The van der Waals surface area contributed by atoms with E-state index in [2.05, 4.69) is 5.32 Å². The van der Waals surface area contributed by atoms with Crippen molar-refractivity contribution in [2.45, 2.75) is 26.8 Å². The van der Waals surface area contributed by atoms with E-state index < -0.39 is 12.0 Å². The van der Waals surface area contributed by atoms with Gasteiger partial charge in [0.1, 0.15) is 12.4 Å². The number of rotatable bonds is 8. The van der Waals surface area contributed by atoms with Crippen LogP contribution in [0, 0.1) is 0 Å². The normalized spacial score (nSPS) is 15.9. The number of carbonyl (C=O) groups is 3. The third-order valence-corrected chi connectivity index (χ3v) is 5.45. The SMILES string of the molecule is CCOC(=O)C1=C(COc2ccc(C(C)=O)cc2)N(CC)C(=O)NC1c1ccccc1Cl. The van der Waals surface area contributed by atoms with Gasteiger partial charge >= 0.3 is 12.0 Å². The molecule has 2 aromatic rings. The predicted molar refractivity (Wildman–Crippen MR) is 121 cm³/mol. The van der Waals surface area contributed by atoms with Crippen LogP contribution in [0.1, 0.15) is 42.7 Å². The summed E-state index contributed by atoms with van der Waals surface area (Å²) in [6.07, 6.45) is 0. The molecule has 1 aliphatic rings. The molecule has 0 saturated heterocycles. The van der Waals surface area contributed by atoms with E-state index in [1.165, 1.54) is 11.8 Å². The predicted octanol–water partition coefficient (Wildman–Crippen LogP) is 4.53. The van der Waals surface area contributed by atoms with Gasteiger partial charge in [-0.2, -0.15) is 0 Å². The molecule has 2 amide bonds. The maximum absolute atomic E-state index is 13.0. The summed E-state index contributed by atoms with van der Waals surface area (Å²) in [5.41, 5.74) is 1.82. The van der Waals surface area contributed by atoms with Gasteiger partial charge in [-0.1, -0.05) is 29.8 Å². The topological polar surface area (TPSA) is 84.9 Å². The number of Topliss-reactive ketones (excluding diaryl/α,β-unsaturated/α-hetero) is 1. The highest BCUT2D eigenvalue weighted by atomic mass is 35.5. The lowest BCUT2D eigenvalue weighted by atomic mass is 9.94. The van der Waals surface area contributed by atoms with E-state index in [1.54, 1.807) is 62.4 Å². The highest BCUT2D eigenvalue weighted by Gasteiger charge is 2.38. The number of likely N-dealkylation sites (N-methyl/N-ethyl adjacent to an activating group) is 1. The lowest BCUT2D eigenvalue weighted by Crippen LogP contribution is -2.49. The van der Waals surface area contributed by atoms with Crippen molar-refractivity contribution in [3.05, 3.63) is 76.0 Å². The Labute approximate surface area is 191 Å². The zero-order chi connectivity index (χ0) is 23.3. The van der Waals surface area contributed by atoms with Gasteiger partial charge in [0.05, 0.1) is 23.9 Å². The van der Waals surface area contributed by atoms with Gasteiger partial charge in [0, 0.05) is 17.1 Å². The fourth-order valence-electron chi connectivity index (χ4n) is 3.52. The van der Waals surface area contributed by atoms with Crippen molar-refractivity contribution >= 4 is 29.4 Å². The highest BCUT2D eigenvalue weighted by Crippen LogP contribution is 2.35. The van der Waals surface area contributed by atoms with E-state index >= 15 is 0 Å². The molecule has 8 heteroatoms. The van der Waals surface area contributed by atoms with E-state index in [-0.39, 0.29) is 30.6 Å². The molecule has 1 heterocycles. The number of ether oxygens (including phenoxy) is 2. The Kier molecular flexibility index (Phi) is 7.53. The molecule has 0 radical (unpaired) electrons. The first-order valence-electron chi connectivity index (χ1n) is 10.3.